The molecule has 0 saturated carbocycles. The Bertz CT molecular complexity index is 764. The van der Waals surface area contributed by atoms with E-state index in [1.165, 1.54) is 0 Å². The number of ether oxygens (including phenoxy) is 3. The number of halogens is 1. The van der Waals surface area contributed by atoms with Crippen LogP contribution in [0.2, 0.25) is 5.02 Å². The lowest BCUT2D eigenvalue weighted by Crippen LogP contribution is -2.01. The number of hydrogen-bond acceptors (Lipinski definition) is 4. The van der Waals surface area contributed by atoms with Gasteiger partial charge in [-0.3, -0.25) is 4.99 Å². The predicted molar refractivity (Wildman–Crippen MR) is 102 cm³/mol. The highest BCUT2D eigenvalue weighted by Crippen LogP contribution is 2.36. The molecule has 130 valence electrons. The first-order chi connectivity index (χ1) is 12.2. The number of aliphatic imine (C=N–C) groups is 1. The van der Waals surface area contributed by atoms with Crippen LogP contribution in [-0.2, 0) is 0 Å². The van der Waals surface area contributed by atoms with Crippen LogP contribution in [-0.4, -0.2) is 26.0 Å². The lowest BCUT2D eigenvalue weighted by atomic mass is 10.2. The number of benzene rings is 2. The second kappa shape index (κ2) is 9.61. The average Bonchev–Trinajstić information content (AvgIpc) is 2.61. The monoisotopic (exact) mass is 357 g/mol. The van der Waals surface area contributed by atoms with Crippen LogP contribution in [0.25, 0.3) is 0 Å². The topological polar surface area (TPSA) is 40.0 Å². The maximum absolute atomic E-state index is 6.29. The van der Waals surface area contributed by atoms with Crippen molar-refractivity contribution >= 4 is 23.5 Å². The van der Waals surface area contributed by atoms with E-state index in [9.17, 15) is 0 Å². The normalized spacial score (nSPS) is 10.5. The van der Waals surface area contributed by atoms with E-state index in [1.807, 2.05) is 44.2 Å². The Hall–Kier alpha value is -2.64. The molecule has 0 amide bonds. The van der Waals surface area contributed by atoms with Gasteiger partial charge >= 0.3 is 0 Å². The molecule has 0 saturated heterocycles. The molecular formula is C20H20ClNO3. The Morgan fingerprint density at radius 1 is 1.08 bits per heavy atom. The molecular weight excluding hydrogens is 338 g/mol. The second-order valence-corrected chi connectivity index (χ2v) is 5.35. The third-order valence-electron chi connectivity index (χ3n) is 3.14. The maximum Gasteiger partial charge on any atom is 0.181 e. The van der Waals surface area contributed by atoms with E-state index in [1.54, 1.807) is 12.3 Å². The summed E-state index contributed by atoms with van der Waals surface area (Å²) in [5.74, 6) is 4.22. The van der Waals surface area contributed by atoms with Gasteiger partial charge in [-0.15, -0.1) is 6.42 Å². The van der Waals surface area contributed by atoms with Gasteiger partial charge in [0.2, 0.25) is 0 Å². The Labute approximate surface area is 153 Å². The molecule has 5 heteroatoms. The first-order valence-corrected chi connectivity index (χ1v) is 8.35. The molecule has 0 bridgehead atoms. The second-order valence-electron chi connectivity index (χ2n) is 4.94. The SMILES string of the molecule is C#CCOc1c(Cl)cc(C=Nc2ccc(OCC)cc2)cc1OCC. The fourth-order valence-electron chi connectivity index (χ4n) is 2.12. The van der Waals surface area contributed by atoms with E-state index in [0.29, 0.717) is 29.7 Å². The van der Waals surface area contributed by atoms with Crippen molar-refractivity contribution in [3.63, 3.8) is 0 Å². The summed E-state index contributed by atoms with van der Waals surface area (Å²) >= 11 is 6.29. The maximum atomic E-state index is 6.29. The third kappa shape index (κ3) is 5.44. The quantitative estimate of drug-likeness (QED) is 0.498. The molecule has 25 heavy (non-hydrogen) atoms. The first-order valence-electron chi connectivity index (χ1n) is 7.97. The van der Waals surface area contributed by atoms with Crippen molar-refractivity contribution < 1.29 is 14.2 Å². The number of terminal acetylenes is 1. The Morgan fingerprint density at radius 2 is 1.80 bits per heavy atom. The molecule has 0 N–H and O–H groups in total. The lowest BCUT2D eigenvalue weighted by molar-refractivity contribution is 0.299. The smallest absolute Gasteiger partial charge is 0.181 e. The van der Waals surface area contributed by atoms with E-state index >= 15 is 0 Å². The van der Waals surface area contributed by atoms with Crippen molar-refractivity contribution in [2.24, 2.45) is 4.99 Å². The van der Waals surface area contributed by atoms with Crippen LogP contribution in [0, 0.1) is 12.3 Å². The van der Waals surface area contributed by atoms with Gasteiger partial charge in [0.25, 0.3) is 0 Å². The summed E-state index contributed by atoms with van der Waals surface area (Å²) < 4.78 is 16.5. The number of rotatable bonds is 8. The van der Waals surface area contributed by atoms with Gasteiger partial charge in [0, 0.05) is 6.21 Å². The lowest BCUT2D eigenvalue weighted by Gasteiger charge is -2.12. The van der Waals surface area contributed by atoms with Gasteiger partial charge < -0.3 is 14.2 Å². The Balaban J connectivity index is 2.22. The zero-order valence-electron chi connectivity index (χ0n) is 14.3. The minimum atomic E-state index is 0.124. The van der Waals surface area contributed by atoms with E-state index in [2.05, 4.69) is 10.9 Å². The van der Waals surface area contributed by atoms with E-state index in [-0.39, 0.29) is 6.61 Å². The van der Waals surface area contributed by atoms with Crippen LogP contribution in [0.15, 0.2) is 41.4 Å². The fourth-order valence-corrected chi connectivity index (χ4v) is 2.40. The number of nitrogens with zero attached hydrogens (tertiary/aromatic N) is 1. The molecule has 0 aliphatic rings. The van der Waals surface area contributed by atoms with Crippen LogP contribution < -0.4 is 14.2 Å². The molecule has 0 fully saturated rings. The van der Waals surface area contributed by atoms with E-state index < -0.39 is 0 Å². The Morgan fingerprint density at radius 3 is 2.44 bits per heavy atom. The van der Waals surface area contributed by atoms with Crippen molar-refractivity contribution in [3.05, 3.63) is 47.0 Å². The van der Waals surface area contributed by atoms with Gasteiger partial charge in [-0.2, -0.15) is 0 Å². The summed E-state index contributed by atoms with van der Waals surface area (Å²) in [6.45, 7) is 5.08. The summed E-state index contributed by atoms with van der Waals surface area (Å²) in [5.41, 5.74) is 1.61. The molecule has 0 radical (unpaired) electrons. The van der Waals surface area contributed by atoms with Crippen molar-refractivity contribution in [2.75, 3.05) is 19.8 Å². The van der Waals surface area contributed by atoms with Crippen molar-refractivity contribution in [1.29, 1.82) is 0 Å². The molecule has 4 nitrogen and oxygen atoms in total. The summed E-state index contributed by atoms with van der Waals surface area (Å²) in [5, 5.41) is 0.425. The van der Waals surface area contributed by atoms with Gasteiger partial charge in [0.15, 0.2) is 11.5 Å². The highest BCUT2D eigenvalue weighted by atomic mass is 35.5. The Kier molecular flexibility index (Phi) is 7.18. The van der Waals surface area contributed by atoms with Crippen LogP contribution in [0.1, 0.15) is 19.4 Å². The largest absolute Gasteiger partial charge is 0.494 e. The highest BCUT2D eigenvalue weighted by molar-refractivity contribution is 6.32. The predicted octanol–water partition coefficient (Wildman–Crippen LogP) is 4.90. The molecule has 0 unspecified atom stereocenters. The van der Waals surface area contributed by atoms with Crippen molar-refractivity contribution in [3.8, 4) is 29.6 Å². The summed E-state index contributed by atoms with van der Waals surface area (Å²) in [4.78, 5) is 4.44. The first kappa shape index (κ1) is 18.7. The van der Waals surface area contributed by atoms with Gasteiger partial charge in [-0.25, -0.2) is 0 Å². The average molecular weight is 358 g/mol. The van der Waals surface area contributed by atoms with Gasteiger partial charge in [0.1, 0.15) is 12.4 Å². The molecule has 0 spiro atoms. The zero-order chi connectivity index (χ0) is 18.1. The molecule has 0 aromatic heterocycles. The van der Waals surface area contributed by atoms with Crippen LogP contribution in [0.3, 0.4) is 0 Å². The van der Waals surface area contributed by atoms with Crippen LogP contribution in [0.4, 0.5) is 5.69 Å². The molecule has 0 aliphatic carbocycles. The third-order valence-corrected chi connectivity index (χ3v) is 3.42. The fraction of sp³-hybridized carbons (Fsp3) is 0.250. The minimum absolute atomic E-state index is 0.124. The highest BCUT2D eigenvalue weighted by Gasteiger charge is 2.11. The van der Waals surface area contributed by atoms with Crippen molar-refractivity contribution in [2.45, 2.75) is 13.8 Å². The van der Waals surface area contributed by atoms with E-state index in [0.717, 1.165) is 17.0 Å². The van der Waals surface area contributed by atoms with E-state index in [4.69, 9.17) is 32.2 Å². The van der Waals surface area contributed by atoms with Crippen LogP contribution >= 0.6 is 11.6 Å². The standard InChI is InChI=1S/C20H20ClNO3/c1-4-11-25-20-18(21)12-15(13-19(20)24-6-3)14-22-16-7-9-17(10-8-16)23-5-2/h1,7-10,12-14H,5-6,11H2,2-3H3. The molecule has 2 aromatic rings. The molecule has 2 aromatic carbocycles. The zero-order valence-corrected chi connectivity index (χ0v) is 15.0. The number of hydrogen-bond donors (Lipinski definition) is 0. The molecule has 0 aliphatic heterocycles. The van der Waals surface area contributed by atoms with Gasteiger partial charge in [-0.1, -0.05) is 17.5 Å². The van der Waals surface area contributed by atoms with Crippen molar-refractivity contribution in [1.82, 2.24) is 0 Å². The van der Waals surface area contributed by atoms with Gasteiger partial charge in [-0.05, 0) is 55.8 Å². The molecule has 0 heterocycles. The van der Waals surface area contributed by atoms with Gasteiger partial charge in [0.05, 0.1) is 23.9 Å². The van der Waals surface area contributed by atoms with Crippen LogP contribution in [0.5, 0.6) is 17.2 Å². The summed E-state index contributed by atoms with van der Waals surface area (Å²) in [7, 11) is 0. The molecule has 0 atom stereocenters. The summed E-state index contributed by atoms with van der Waals surface area (Å²) in [6, 6.07) is 11.1. The molecule has 2 rings (SSSR count). The minimum Gasteiger partial charge on any atom is -0.494 e. The summed E-state index contributed by atoms with van der Waals surface area (Å²) in [6.07, 6.45) is 6.95.